The number of ether oxygens (including phenoxy) is 1. The fourth-order valence-corrected chi connectivity index (χ4v) is 4.15. The Morgan fingerprint density at radius 2 is 1.74 bits per heavy atom. The highest BCUT2D eigenvalue weighted by molar-refractivity contribution is 6.29. The maximum absolute atomic E-state index is 13.1. The SMILES string of the molecule is CN(C)Cc1ccc(N2CCN(C(=O)c3cc(Cl)nc(N4CCOCC4)c3)CC2)nc1. The lowest BCUT2D eigenvalue weighted by atomic mass is 10.2. The van der Waals surface area contributed by atoms with Gasteiger partial charge in [0.2, 0.25) is 0 Å². The zero-order valence-electron chi connectivity index (χ0n) is 18.1. The van der Waals surface area contributed by atoms with Gasteiger partial charge in [0.1, 0.15) is 16.8 Å². The van der Waals surface area contributed by atoms with Crippen LogP contribution in [0.3, 0.4) is 0 Å². The van der Waals surface area contributed by atoms with E-state index in [1.807, 2.05) is 31.3 Å². The summed E-state index contributed by atoms with van der Waals surface area (Å²) in [5, 5.41) is 0.341. The monoisotopic (exact) mass is 444 g/mol. The molecule has 4 rings (SSSR count). The van der Waals surface area contributed by atoms with Gasteiger partial charge in [0.05, 0.1) is 13.2 Å². The van der Waals surface area contributed by atoms with Crippen LogP contribution in [-0.2, 0) is 11.3 Å². The average Bonchev–Trinajstić information content (AvgIpc) is 2.79. The Morgan fingerprint density at radius 3 is 2.39 bits per heavy atom. The van der Waals surface area contributed by atoms with Crippen LogP contribution in [0.1, 0.15) is 15.9 Å². The molecule has 1 amide bonds. The van der Waals surface area contributed by atoms with Crippen molar-refractivity contribution in [3.8, 4) is 0 Å². The van der Waals surface area contributed by atoms with Gasteiger partial charge in [0.25, 0.3) is 5.91 Å². The van der Waals surface area contributed by atoms with Gasteiger partial charge >= 0.3 is 0 Å². The molecule has 0 radical (unpaired) electrons. The van der Waals surface area contributed by atoms with Crippen molar-refractivity contribution < 1.29 is 9.53 Å². The number of amides is 1. The van der Waals surface area contributed by atoms with Gasteiger partial charge in [0.15, 0.2) is 0 Å². The molecule has 0 spiro atoms. The number of pyridine rings is 2. The molecule has 2 aromatic rings. The van der Waals surface area contributed by atoms with E-state index in [9.17, 15) is 4.79 Å². The van der Waals surface area contributed by atoms with Crippen molar-refractivity contribution >= 4 is 29.1 Å². The first-order valence-electron chi connectivity index (χ1n) is 10.6. The highest BCUT2D eigenvalue weighted by Gasteiger charge is 2.24. The minimum Gasteiger partial charge on any atom is -0.378 e. The van der Waals surface area contributed by atoms with Crippen molar-refractivity contribution in [1.82, 2.24) is 19.8 Å². The summed E-state index contributed by atoms with van der Waals surface area (Å²) in [6, 6.07) is 7.68. The lowest BCUT2D eigenvalue weighted by molar-refractivity contribution is 0.0746. The predicted molar refractivity (Wildman–Crippen MR) is 122 cm³/mol. The molecule has 8 nitrogen and oxygen atoms in total. The van der Waals surface area contributed by atoms with E-state index in [0.717, 1.165) is 44.4 Å². The normalized spacial score (nSPS) is 17.4. The number of carbonyl (C=O) groups excluding carboxylic acids is 1. The number of nitrogens with zero attached hydrogens (tertiary/aromatic N) is 6. The van der Waals surface area contributed by atoms with Gasteiger partial charge in [-0.3, -0.25) is 4.79 Å². The van der Waals surface area contributed by atoms with Gasteiger partial charge in [-0.25, -0.2) is 9.97 Å². The molecule has 0 N–H and O–H groups in total. The van der Waals surface area contributed by atoms with Crippen LogP contribution in [0.25, 0.3) is 0 Å². The fraction of sp³-hybridized carbons (Fsp3) is 0.500. The third-order valence-corrected chi connectivity index (χ3v) is 5.76. The lowest BCUT2D eigenvalue weighted by Gasteiger charge is -2.35. The van der Waals surface area contributed by atoms with Crippen LogP contribution in [0.5, 0.6) is 0 Å². The van der Waals surface area contributed by atoms with E-state index in [0.29, 0.717) is 37.0 Å². The van der Waals surface area contributed by atoms with Gasteiger partial charge < -0.3 is 24.3 Å². The third-order valence-electron chi connectivity index (χ3n) is 5.56. The van der Waals surface area contributed by atoms with Crippen LogP contribution in [0.4, 0.5) is 11.6 Å². The molecule has 9 heteroatoms. The molecule has 0 unspecified atom stereocenters. The molecule has 166 valence electrons. The summed E-state index contributed by atoms with van der Waals surface area (Å²) in [6.45, 7) is 6.48. The van der Waals surface area contributed by atoms with Crippen molar-refractivity contribution in [3.05, 3.63) is 46.7 Å². The Hall–Kier alpha value is -2.42. The second-order valence-electron chi connectivity index (χ2n) is 8.18. The van der Waals surface area contributed by atoms with E-state index in [4.69, 9.17) is 16.3 Å². The number of piperazine rings is 1. The summed E-state index contributed by atoms with van der Waals surface area (Å²) in [5.74, 6) is 1.68. The maximum Gasteiger partial charge on any atom is 0.254 e. The zero-order valence-corrected chi connectivity index (χ0v) is 18.9. The first kappa shape index (κ1) is 21.8. The van der Waals surface area contributed by atoms with Crippen molar-refractivity contribution in [2.24, 2.45) is 0 Å². The second kappa shape index (κ2) is 9.80. The summed E-state index contributed by atoms with van der Waals surface area (Å²) in [7, 11) is 4.09. The zero-order chi connectivity index (χ0) is 21.8. The molecular weight excluding hydrogens is 416 g/mol. The summed E-state index contributed by atoms with van der Waals surface area (Å²) < 4.78 is 5.40. The molecule has 0 saturated carbocycles. The molecule has 31 heavy (non-hydrogen) atoms. The number of halogens is 1. The average molecular weight is 445 g/mol. The molecule has 2 aromatic heterocycles. The molecule has 0 atom stereocenters. The van der Waals surface area contributed by atoms with Crippen LogP contribution >= 0.6 is 11.6 Å². The van der Waals surface area contributed by atoms with Crippen molar-refractivity contribution in [1.29, 1.82) is 0 Å². The van der Waals surface area contributed by atoms with E-state index in [1.165, 1.54) is 5.56 Å². The van der Waals surface area contributed by atoms with Crippen molar-refractivity contribution in [3.63, 3.8) is 0 Å². The van der Waals surface area contributed by atoms with Crippen LogP contribution < -0.4 is 9.80 Å². The summed E-state index contributed by atoms with van der Waals surface area (Å²) in [4.78, 5) is 30.5. The topological polar surface area (TPSA) is 65.0 Å². The number of hydrogen-bond acceptors (Lipinski definition) is 7. The van der Waals surface area contributed by atoms with E-state index in [1.54, 1.807) is 6.07 Å². The fourth-order valence-electron chi connectivity index (χ4n) is 3.94. The molecule has 2 saturated heterocycles. The van der Waals surface area contributed by atoms with Crippen molar-refractivity contribution in [2.75, 3.05) is 76.4 Å². The van der Waals surface area contributed by atoms with Crippen LogP contribution in [0, 0.1) is 0 Å². The van der Waals surface area contributed by atoms with Gasteiger partial charge in [-0.15, -0.1) is 0 Å². The highest BCUT2D eigenvalue weighted by atomic mass is 35.5. The molecule has 2 aliphatic heterocycles. The lowest BCUT2D eigenvalue weighted by Crippen LogP contribution is -2.49. The maximum atomic E-state index is 13.1. The van der Waals surface area contributed by atoms with Crippen LogP contribution in [0.2, 0.25) is 5.15 Å². The number of hydrogen-bond donors (Lipinski definition) is 0. The Labute approximate surface area is 188 Å². The Morgan fingerprint density at radius 1 is 1.03 bits per heavy atom. The molecular formula is C22H29ClN6O2. The molecule has 4 heterocycles. The number of carbonyl (C=O) groups is 1. The summed E-state index contributed by atoms with van der Waals surface area (Å²) in [6.07, 6.45) is 1.93. The number of anilines is 2. The minimum atomic E-state index is -0.00671. The van der Waals surface area contributed by atoms with E-state index in [2.05, 4.69) is 36.8 Å². The van der Waals surface area contributed by atoms with Crippen LogP contribution in [-0.4, -0.2) is 92.3 Å². The Kier molecular flexibility index (Phi) is 6.89. The molecule has 2 aliphatic rings. The standard InChI is InChI=1S/C22H29ClN6O2/c1-26(2)16-17-3-4-20(24-15-17)27-5-7-29(8-6-27)22(30)18-13-19(23)25-21(14-18)28-9-11-31-12-10-28/h3-4,13-15H,5-12,16H2,1-2H3. The predicted octanol–water partition coefficient (Wildman–Crippen LogP) is 1.99. The van der Waals surface area contributed by atoms with Gasteiger partial charge in [0, 0.05) is 57.6 Å². The molecule has 0 bridgehead atoms. The first-order chi connectivity index (χ1) is 15.0. The quantitative estimate of drug-likeness (QED) is 0.653. The van der Waals surface area contributed by atoms with Crippen molar-refractivity contribution in [2.45, 2.75) is 6.54 Å². The summed E-state index contributed by atoms with van der Waals surface area (Å²) >= 11 is 6.24. The summed E-state index contributed by atoms with van der Waals surface area (Å²) in [5.41, 5.74) is 1.77. The molecule has 0 aromatic carbocycles. The van der Waals surface area contributed by atoms with E-state index < -0.39 is 0 Å². The highest BCUT2D eigenvalue weighted by Crippen LogP contribution is 2.22. The van der Waals surface area contributed by atoms with E-state index in [-0.39, 0.29) is 5.91 Å². The Balaban J connectivity index is 1.38. The third kappa shape index (κ3) is 5.44. The number of morpholine rings is 1. The van der Waals surface area contributed by atoms with E-state index >= 15 is 0 Å². The number of aromatic nitrogens is 2. The van der Waals surface area contributed by atoms with Gasteiger partial charge in [-0.05, 0) is 37.9 Å². The second-order valence-corrected chi connectivity index (χ2v) is 8.57. The molecule has 0 aliphatic carbocycles. The van der Waals surface area contributed by atoms with Gasteiger partial charge in [-0.1, -0.05) is 17.7 Å². The smallest absolute Gasteiger partial charge is 0.254 e. The first-order valence-corrected chi connectivity index (χ1v) is 11.0. The van der Waals surface area contributed by atoms with Gasteiger partial charge in [-0.2, -0.15) is 0 Å². The minimum absolute atomic E-state index is 0.00671. The van der Waals surface area contributed by atoms with Crippen LogP contribution in [0.15, 0.2) is 30.5 Å². The largest absolute Gasteiger partial charge is 0.378 e. The Bertz CT molecular complexity index is 893. The number of rotatable bonds is 5. The molecule has 2 fully saturated rings.